The number of hydrogen-bond donors (Lipinski definition) is 0. The quantitative estimate of drug-likeness (QED) is 0.771. The van der Waals surface area contributed by atoms with Crippen molar-refractivity contribution < 1.29 is 4.74 Å². The maximum atomic E-state index is 5.49. The Morgan fingerprint density at radius 3 is 2.89 bits per heavy atom. The Morgan fingerprint density at radius 2 is 2.16 bits per heavy atom. The average Bonchev–Trinajstić information content (AvgIpc) is 2.42. The number of anilines is 1. The van der Waals surface area contributed by atoms with Crippen LogP contribution in [-0.2, 0) is 6.42 Å². The Hall–Kier alpha value is -1.66. The monoisotopic (exact) mass is 258 g/mol. The van der Waals surface area contributed by atoms with E-state index in [4.69, 9.17) is 4.74 Å². The van der Waals surface area contributed by atoms with Crippen LogP contribution in [0.4, 0.5) is 5.69 Å². The topological polar surface area (TPSA) is 15.7 Å². The molecule has 0 atom stereocenters. The smallest absolute Gasteiger partial charge is 0.142 e. The maximum absolute atomic E-state index is 5.49. The molecule has 1 aliphatic rings. The standard InChI is InChI=1S/C16H22N2O/c1-17(2)11-4-5-12-18-13-7-9-14-8-6-10-15(19-3)16(14)18/h6,8,10H,7,9,11-13H2,1-3H3. The van der Waals surface area contributed by atoms with Gasteiger partial charge in [0.1, 0.15) is 5.75 Å². The molecule has 0 radical (unpaired) electrons. The molecule has 0 unspecified atom stereocenters. The molecular formula is C16H22N2O. The number of nitrogens with zero attached hydrogens (tertiary/aromatic N) is 2. The van der Waals surface area contributed by atoms with Gasteiger partial charge in [-0.15, -0.1) is 0 Å². The van der Waals surface area contributed by atoms with E-state index in [1.807, 2.05) is 20.2 Å². The van der Waals surface area contributed by atoms with Gasteiger partial charge in [0.15, 0.2) is 0 Å². The number of benzene rings is 1. The molecule has 0 amide bonds. The normalized spacial score (nSPS) is 13.8. The zero-order valence-electron chi connectivity index (χ0n) is 12.1. The highest BCUT2D eigenvalue weighted by atomic mass is 16.5. The molecule has 0 aliphatic carbocycles. The maximum Gasteiger partial charge on any atom is 0.142 e. The molecule has 2 rings (SSSR count). The number of rotatable bonds is 3. The van der Waals surface area contributed by atoms with Crippen molar-refractivity contribution in [3.8, 4) is 17.6 Å². The molecule has 3 heteroatoms. The van der Waals surface area contributed by atoms with Crippen molar-refractivity contribution in [2.75, 3.05) is 45.7 Å². The van der Waals surface area contributed by atoms with E-state index in [2.05, 4.69) is 33.8 Å². The van der Waals surface area contributed by atoms with E-state index in [1.165, 1.54) is 17.7 Å². The van der Waals surface area contributed by atoms with Gasteiger partial charge in [0.05, 0.1) is 25.9 Å². The Labute approximate surface area is 116 Å². The summed E-state index contributed by atoms with van der Waals surface area (Å²) in [5, 5.41) is 0. The SMILES string of the molecule is COc1cccc2c1N(CC#CCN(C)C)CCC2. The Morgan fingerprint density at radius 1 is 1.32 bits per heavy atom. The third-order valence-electron chi connectivity index (χ3n) is 3.28. The predicted molar refractivity (Wildman–Crippen MR) is 79.9 cm³/mol. The van der Waals surface area contributed by atoms with E-state index in [0.717, 1.165) is 31.8 Å². The number of para-hydroxylation sites is 1. The van der Waals surface area contributed by atoms with Crippen molar-refractivity contribution in [2.24, 2.45) is 0 Å². The lowest BCUT2D eigenvalue weighted by atomic mass is 10.0. The van der Waals surface area contributed by atoms with Crippen LogP contribution in [0.3, 0.4) is 0 Å². The molecule has 0 spiro atoms. The van der Waals surface area contributed by atoms with E-state index in [0.29, 0.717) is 0 Å². The summed E-state index contributed by atoms with van der Waals surface area (Å²) >= 11 is 0. The largest absolute Gasteiger partial charge is 0.495 e. The molecule has 1 aliphatic heterocycles. The van der Waals surface area contributed by atoms with Crippen molar-refractivity contribution in [1.82, 2.24) is 4.90 Å². The van der Waals surface area contributed by atoms with Crippen LogP contribution in [0.1, 0.15) is 12.0 Å². The van der Waals surface area contributed by atoms with E-state index < -0.39 is 0 Å². The van der Waals surface area contributed by atoms with Gasteiger partial charge in [-0.1, -0.05) is 24.0 Å². The van der Waals surface area contributed by atoms with Gasteiger partial charge in [0.2, 0.25) is 0 Å². The number of ether oxygens (including phenoxy) is 1. The van der Waals surface area contributed by atoms with Crippen LogP contribution in [-0.4, -0.2) is 45.7 Å². The molecule has 0 saturated carbocycles. The van der Waals surface area contributed by atoms with Gasteiger partial charge < -0.3 is 9.64 Å². The van der Waals surface area contributed by atoms with E-state index in [-0.39, 0.29) is 0 Å². The van der Waals surface area contributed by atoms with Crippen LogP contribution in [0.15, 0.2) is 18.2 Å². The molecule has 1 aromatic carbocycles. The minimum Gasteiger partial charge on any atom is -0.495 e. The minimum absolute atomic E-state index is 0.779. The van der Waals surface area contributed by atoms with Crippen LogP contribution in [0, 0.1) is 11.8 Å². The van der Waals surface area contributed by atoms with Gasteiger partial charge in [-0.25, -0.2) is 0 Å². The highest BCUT2D eigenvalue weighted by molar-refractivity contribution is 5.65. The second-order valence-corrected chi connectivity index (χ2v) is 5.08. The van der Waals surface area contributed by atoms with Crippen LogP contribution in [0.5, 0.6) is 5.75 Å². The lowest BCUT2D eigenvalue weighted by Crippen LogP contribution is -2.30. The van der Waals surface area contributed by atoms with Crippen molar-refractivity contribution >= 4 is 5.69 Å². The number of fused-ring (bicyclic) bond motifs is 1. The van der Waals surface area contributed by atoms with Crippen LogP contribution in [0.2, 0.25) is 0 Å². The minimum atomic E-state index is 0.779. The number of methoxy groups -OCH3 is 1. The predicted octanol–water partition coefficient (Wildman–Crippen LogP) is 2.01. The first-order chi connectivity index (χ1) is 9.22. The van der Waals surface area contributed by atoms with Crippen LogP contribution >= 0.6 is 0 Å². The molecule has 102 valence electrons. The summed E-state index contributed by atoms with van der Waals surface area (Å²) in [6.45, 7) is 2.65. The molecule has 0 bridgehead atoms. The zero-order valence-corrected chi connectivity index (χ0v) is 12.1. The van der Waals surface area contributed by atoms with E-state index >= 15 is 0 Å². The fourth-order valence-corrected chi connectivity index (χ4v) is 2.39. The molecule has 0 aromatic heterocycles. The summed E-state index contributed by atoms with van der Waals surface area (Å²) < 4.78 is 5.49. The first-order valence-electron chi connectivity index (χ1n) is 6.73. The first kappa shape index (κ1) is 13.8. The Bertz CT molecular complexity index is 471. The summed E-state index contributed by atoms with van der Waals surface area (Å²) in [5.74, 6) is 7.42. The second-order valence-electron chi connectivity index (χ2n) is 5.08. The fraction of sp³-hybridized carbons (Fsp3) is 0.500. The summed E-state index contributed by atoms with van der Waals surface area (Å²) in [4.78, 5) is 4.41. The summed E-state index contributed by atoms with van der Waals surface area (Å²) in [5.41, 5.74) is 2.61. The summed E-state index contributed by atoms with van der Waals surface area (Å²) in [7, 11) is 5.81. The van der Waals surface area contributed by atoms with Crippen molar-refractivity contribution in [1.29, 1.82) is 0 Å². The molecule has 1 aromatic rings. The van der Waals surface area contributed by atoms with Crippen molar-refractivity contribution in [3.05, 3.63) is 23.8 Å². The average molecular weight is 258 g/mol. The fourth-order valence-electron chi connectivity index (χ4n) is 2.39. The molecule has 0 fully saturated rings. The highest BCUT2D eigenvalue weighted by Crippen LogP contribution is 2.35. The van der Waals surface area contributed by atoms with Crippen LogP contribution < -0.4 is 9.64 Å². The third kappa shape index (κ3) is 3.42. The lowest BCUT2D eigenvalue weighted by molar-refractivity contribution is 0.413. The van der Waals surface area contributed by atoms with E-state index in [1.54, 1.807) is 7.11 Å². The van der Waals surface area contributed by atoms with Gasteiger partial charge in [0.25, 0.3) is 0 Å². The van der Waals surface area contributed by atoms with Crippen LogP contribution in [0.25, 0.3) is 0 Å². The van der Waals surface area contributed by atoms with Gasteiger partial charge in [0, 0.05) is 6.54 Å². The molecule has 3 nitrogen and oxygen atoms in total. The first-order valence-corrected chi connectivity index (χ1v) is 6.73. The Balaban J connectivity index is 2.14. The van der Waals surface area contributed by atoms with Crippen molar-refractivity contribution in [3.63, 3.8) is 0 Å². The third-order valence-corrected chi connectivity index (χ3v) is 3.28. The summed E-state index contributed by atoms with van der Waals surface area (Å²) in [6.07, 6.45) is 2.32. The van der Waals surface area contributed by atoms with Gasteiger partial charge in [-0.05, 0) is 38.6 Å². The zero-order chi connectivity index (χ0) is 13.7. The number of hydrogen-bond acceptors (Lipinski definition) is 3. The molecule has 1 heterocycles. The number of aryl methyl sites for hydroxylation is 1. The second kappa shape index (κ2) is 6.49. The van der Waals surface area contributed by atoms with Gasteiger partial charge in [-0.2, -0.15) is 0 Å². The molecule has 19 heavy (non-hydrogen) atoms. The van der Waals surface area contributed by atoms with Gasteiger partial charge in [-0.3, -0.25) is 4.90 Å². The van der Waals surface area contributed by atoms with Crippen molar-refractivity contribution in [2.45, 2.75) is 12.8 Å². The Kier molecular flexibility index (Phi) is 4.70. The molecule has 0 N–H and O–H groups in total. The summed E-state index contributed by atoms with van der Waals surface area (Å²) in [6, 6.07) is 6.29. The van der Waals surface area contributed by atoms with Gasteiger partial charge >= 0.3 is 0 Å². The molecular weight excluding hydrogens is 236 g/mol. The molecule has 0 saturated heterocycles. The lowest BCUT2D eigenvalue weighted by Gasteiger charge is -2.31. The van der Waals surface area contributed by atoms with E-state index in [9.17, 15) is 0 Å². The highest BCUT2D eigenvalue weighted by Gasteiger charge is 2.19.